The first-order valence-corrected chi connectivity index (χ1v) is 9.75. The number of amides is 1. The van der Waals surface area contributed by atoms with Crippen molar-refractivity contribution in [3.05, 3.63) is 54.2 Å². The summed E-state index contributed by atoms with van der Waals surface area (Å²) in [5, 5.41) is 4.08. The third-order valence-corrected chi connectivity index (χ3v) is 5.15. The van der Waals surface area contributed by atoms with Gasteiger partial charge >= 0.3 is 0 Å². The third kappa shape index (κ3) is 4.59. The van der Waals surface area contributed by atoms with Gasteiger partial charge in [0.15, 0.2) is 5.82 Å². The van der Waals surface area contributed by atoms with Gasteiger partial charge in [0, 0.05) is 44.2 Å². The molecule has 0 bridgehead atoms. The molecule has 1 aliphatic rings. The summed E-state index contributed by atoms with van der Waals surface area (Å²) >= 11 is 0. The monoisotopic (exact) mass is 393 g/mol. The Labute approximate surface area is 168 Å². The van der Waals surface area contributed by atoms with Crippen molar-refractivity contribution in [2.24, 2.45) is 5.92 Å². The van der Waals surface area contributed by atoms with Crippen molar-refractivity contribution in [1.82, 2.24) is 25.0 Å². The maximum atomic E-state index is 12.8. The van der Waals surface area contributed by atoms with Crippen molar-refractivity contribution < 1.29 is 14.1 Å². The summed E-state index contributed by atoms with van der Waals surface area (Å²) in [4.78, 5) is 27.4. The molecule has 0 saturated carbocycles. The van der Waals surface area contributed by atoms with E-state index in [1.807, 2.05) is 17.0 Å². The Morgan fingerprint density at radius 2 is 2.24 bits per heavy atom. The number of aryl methyl sites for hydroxylation is 1. The van der Waals surface area contributed by atoms with Crippen LogP contribution in [0.25, 0.3) is 11.5 Å². The van der Waals surface area contributed by atoms with E-state index < -0.39 is 0 Å². The summed E-state index contributed by atoms with van der Waals surface area (Å²) in [7, 11) is 1.56. The van der Waals surface area contributed by atoms with E-state index in [1.54, 1.807) is 37.8 Å². The normalized spacial score (nSPS) is 16.6. The number of rotatable bonds is 6. The molecule has 1 amide bonds. The summed E-state index contributed by atoms with van der Waals surface area (Å²) in [6.45, 7) is 1.51. The molecule has 150 valence electrons. The first-order chi connectivity index (χ1) is 14.2. The molecular formula is C21H23N5O3. The summed E-state index contributed by atoms with van der Waals surface area (Å²) in [6, 6.07) is 7.20. The largest absolute Gasteiger partial charge is 0.481 e. The smallest absolute Gasteiger partial charge is 0.259 e. The number of nitrogens with zero attached hydrogens (tertiary/aromatic N) is 5. The van der Waals surface area contributed by atoms with E-state index in [-0.39, 0.29) is 5.91 Å². The Morgan fingerprint density at radius 1 is 1.31 bits per heavy atom. The molecule has 1 unspecified atom stereocenters. The van der Waals surface area contributed by atoms with Crippen LogP contribution in [-0.4, -0.2) is 51.1 Å². The number of carbonyl (C=O) groups excluding carboxylic acids is 1. The second kappa shape index (κ2) is 8.81. The van der Waals surface area contributed by atoms with Crippen LogP contribution in [0.2, 0.25) is 0 Å². The molecule has 3 aromatic rings. The van der Waals surface area contributed by atoms with Crippen LogP contribution in [0.5, 0.6) is 5.88 Å². The van der Waals surface area contributed by atoms with E-state index in [0.29, 0.717) is 29.1 Å². The molecule has 3 aromatic heterocycles. The van der Waals surface area contributed by atoms with Gasteiger partial charge in [0.2, 0.25) is 5.88 Å². The van der Waals surface area contributed by atoms with E-state index in [2.05, 4.69) is 20.1 Å². The Bertz CT molecular complexity index is 942. The van der Waals surface area contributed by atoms with E-state index in [4.69, 9.17) is 9.26 Å². The van der Waals surface area contributed by atoms with Crippen molar-refractivity contribution in [3.63, 3.8) is 0 Å². The highest BCUT2D eigenvalue weighted by molar-refractivity contribution is 5.94. The predicted octanol–water partition coefficient (Wildman–Crippen LogP) is 3.02. The van der Waals surface area contributed by atoms with Gasteiger partial charge in [0.1, 0.15) is 0 Å². The molecule has 0 aliphatic carbocycles. The number of carbonyl (C=O) groups is 1. The molecule has 1 fully saturated rings. The number of likely N-dealkylation sites (tertiary alicyclic amines) is 1. The average molecular weight is 393 g/mol. The molecule has 0 N–H and O–H groups in total. The SMILES string of the molecule is COc1ccc(C(=O)N2CCCC(CCc3noc(-c4cccnc4)n3)C2)cn1. The number of hydrogen-bond acceptors (Lipinski definition) is 7. The zero-order chi connectivity index (χ0) is 20.1. The van der Waals surface area contributed by atoms with Gasteiger partial charge in [-0.15, -0.1) is 0 Å². The quantitative estimate of drug-likeness (QED) is 0.635. The number of hydrogen-bond donors (Lipinski definition) is 0. The van der Waals surface area contributed by atoms with Crippen LogP contribution >= 0.6 is 0 Å². The zero-order valence-corrected chi connectivity index (χ0v) is 16.3. The number of ether oxygens (including phenoxy) is 1. The van der Waals surface area contributed by atoms with Crippen LogP contribution in [-0.2, 0) is 6.42 Å². The fraction of sp³-hybridized carbons (Fsp3) is 0.381. The van der Waals surface area contributed by atoms with Crippen molar-refractivity contribution >= 4 is 5.91 Å². The fourth-order valence-electron chi connectivity index (χ4n) is 3.59. The average Bonchev–Trinajstić information content (AvgIpc) is 3.27. The Balaban J connectivity index is 1.33. The first kappa shape index (κ1) is 19.0. The lowest BCUT2D eigenvalue weighted by molar-refractivity contribution is 0.0667. The highest BCUT2D eigenvalue weighted by Crippen LogP contribution is 2.23. The molecule has 0 spiro atoms. The van der Waals surface area contributed by atoms with Gasteiger partial charge in [-0.1, -0.05) is 5.16 Å². The van der Waals surface area contributed by atoms with Gasteiger partial charge in [-0.25, -0.2) is 4.98 Å². The first-order valence-electron chi connectivity index (χ1n) is 9.75. The van der Waals surface area contributed by atoms with Gasteiger partial charge in [0.05, 0.1) is 18.2 Å². The molecule has 8 heteroatoms. The number of methoxy groups -OCH3 is 1. The van der Waals surface area contributed by atoms with E-state index in [9.17, 15) is 4.79 Å². The van der Waals surface area contributed by atoms with E-state index in [1.165, 1.54) is 0 Å². The van der Waals surface area contributed by atoms with Gasteiger partial charge in [-0.3, -0.25) is 9.78 Å². The molecule has 4 heterocycles. The minimum Gasteiger partial charge on any atom is -0.481 e. The summed E-state index contributed by atoms with van der Waals surface area (Å²) in [6.07, 6.45) is 8.71. The minimum absolute atomic E-state index is 0.0169. The molecule has 29 heavy (non-hydrogen) atoms. The lowest BCUT2D eigenvalue weighted by Crippen LogP contribution is -2.40. The lowest BCUT2D eigenvalue weighted by Gasteiger charge is -2.32. The van der Waals surface area contributed by atoms with E-state index >= 15 is 0 Å². The van der Waals surface area contributed by atoms with Crippen LogP contribution in [0.3, 0.4) is 0 Å². The van der Waals surface area contributed by atoms with E-state index in [0.717, 1.165) is 44.3 Å². The Hall–Kier alpha value is -3.29. The fourth-order valence-corrected chi connectivity index (χ4v) is 3.59. The van der Waals surface area contributed by atoms with Gasteiger partial charge in [-0.05, 0) is 43.4 Å². The Kier molecular flexibility index (Phi) is 5.79. The maximum absolute atomic E-state index is 12.8. The zero-order valence-electron chi connectivity index (χ0n) is 16.3. The summed E-state index contributed by atoms with van der Waals surface area (Å²) < 4.78 is 10.4. The maximum Gasteiger partial charge on any atom is 0.259 e. The van der Waals surface area contributed by atoms with Crippen LogP contribution in [0.1, 0.15) is 35.4 Å². The molecule has 0 radical (unpaired) electrons. The van der Waals surface area contributed by atoms with Crippen LogP contribution in [0, 0.1) is 5.92 Å². The molecule has 1 saturated heterocycles. The van der Waals surface area contributed by atoms with Crippen LogP contribution < -0.4 is 4.74 Å². The standard InChI is InChI=1S/C21H23N5O3/c1-28-19-9-7-17(13-23-19)21(27)26-11-3-4-15(14-26)6-8-18-24-20(29-25-18)16-5-2-10-22-12-16/h2,5,7,9-10,12-13,15H,3-4,6,8,11,14H2,1H3. The summed E-state index contributed by atoms with van der Waals surface area (Å²) in [5.41, 5.74) is 1.40. The molecule has 8 nitrogen and oxygen atoms in total. The lowest BCUT2D eigenvalue weighted by atomic mass is 9.93. The molecule has 4 rings (SSSR count). The molecular weight excluding hydrogens is 370 g/mol. The van der Waals surface area contributed by atoms with Crippen molar-refractivity contribution in [2.75, 3.05) is 20.2 Å². The topological polar surface area (TPSA) is 94.2 Å². The van der Waals surface area contributed by atoms with Crippen LogP contribution in [0.4, 0.5) is 0 Å². The molecule has 1 atom stereocenters. The predicted molar refractivity (Wildman–Crippen MR) is 105 cm³/mol. The highest BCUT2D eigenvalue weighted by atomic mass is 16.5. The number of piperidine rings is 1. The van der Waals surface area contributed by atoms with Crippen molar-refractivity contribution in [1.29, 1.82) is 0 Å². The van der Waals surface area contributed by atoms with Gasteiger partial charge in [0.25, 0.3) is 11.8 Å². The number of pyridine rings is 2. The summed E-state index contributed by atoms with van der Waals surface area (Å²) in [5.74, 6) is 2.11. The minimum atomic E-state index is 0.0169. The molecule has 0 aromatic carbocycles. The second-order valence-corrected chi connectivity index (χ2v) is 7.14. The molecule has 1 aliphatic heterocycles. The number of aromatic nitrogens is 4. The third-order valence-electron chi connectivity index (χ3n) is 5.15. The van der Waals surface area contributed by atoms with Crippen molar-refractivity contribution in [2.45, 2.75) is 25.7 Å². The van der Waals surface area contributed by atoms with Gasteiger partial charge < -0.3 is 14.2 Å². The van der Waals surface area contributed by atoms with Crippen LogP contribution in [0.15, 0.2) is 47.4 Å². The second-order valence-electron chi connectivity index (χ2n) is 7.14. The van der Waals surface area contributed by atoms with Crippen molar-refractivity contribution in [3.8, 4) is 17.3 Å². The highest BCUT2D eigenvalue weighted by Gasteiger charge is 2.25. The Morgan fingerprint density at radius 3 is 3.00 bits per heavy atom. The van der Waals surface area contributed by atoms with Gasteiger partial charge in [-0.2, -0.15) is 4.98 Å².